The summed E-state index contributed by atoms with van der Waals surface area (Å²) >= 11 is 0. The van der Waals surface area contributed by atoms with Gasteiger partial charge in [0.25, 0.3) is 0 Å². The van der Waals surface area contributed by atoms with Crippen molar-refractivity contribution in [3.63, 3.8) is 0 Å². The van der Waals surface area contributed by atoms with Gasteiger partial charge in [0, 0.05) is 0 Å². The molecule has 0 aromatic carbocycles. The van der Waals surface area contributed by atoms with Crippen LogP contribution in [-0.4, -0.2) is 6.18 Å². The Hall–Kier alpha value is -0.540. The highest BCUT2D eigenvalue weighted by atomic mass is 19.4. The standard InChI is InChI=1S/C9H12F4/c10-8(9(11,12)13)6-7-4-2-1-3-5-7/h6-7H,1-5H2/b8-6+. The summed E-state index contributed by atoms with van der Waals surface area (Å²) in [4.78, 5) is 0. The number of halogens is 4. The van der Waals surface area contributed by atoms with Crippen molar-refractivity contribution in [1.29, 1.82) is 0 Å². The zero-order valence-electron chi connectivity index (χ0n) is 7.20. The molecule has 0 aromatic rings. The summed E-state index contributed by atoms with van der Waals surface area (Å²) < 4.78 is 47.7. The van der Waals surface area contributed by atoms with Crippen LogP contribution < -0.4 is 0 Å². The molecule has 0 unspecified atom stereocenters. The van der Waals surface area contributed by atoms with Crippen molar-refractivity contribution in [1.82, 2.24) is 0 Å². The average Bonchev–Trinajstić information content (AvgIpc) is 2.04. The number of hydrogen-bond acceptors (Lipinski definition) is 0. The van der Waals surface area contributed by atoms with E-state index in [2.05, 4.69) is 0 Å². The molecule has 0 radical (unpaired) electrons. The number of alkyl halides is 3. The topological polar surface area (TPSA) is 0 Å². The van der Waals surface area contributed by atoms with Gasteiger partial charge in [-0.05, 0) is 24.8 Å². The Kier molecular flexibility index (Phi) is 3.33. The summed E-state index contributed by atoms with van der Waals surface area (Å²) in [5.41, 5.74) is 0. The molecule has 1 fully saturated rings. The van der Waals surface area contributed by atoms with Gasteiger partial charge in [-0.3, -0.25) is 0 Å². The molecule has 0 aliphatic heterocycles. The van der Waals surface area contributed by atoms with Crippen LogP contribution in [0.4, 0.5) is 17.6 Å². The SMILES string of the molecule is F/C(=C/C1CCCCC1)C(F)(F)F. The third kappa shape index (κ3) is 3.36. The summed E-state index contributed by atoms with van der Waals surface area (Å²) in [5.74, 6) is -2.14. The third-order valence-corrected chi connectivity index (χ3v) is 2.30. The van der Waals surface area contributed by atoms with Crippen molar-refractivity contribution >= 4 is 0 Å². The van der Waals surface area contributed by atoms with E-state index >= 15 is 0 Å². The van der Waals surface area contributed by atoms with Gasteiger partial charge in [-0.15, -0.1) is 0 Å². The molecular formula is C9H12F4. The Labute approximate surface area is 74.6 Å². The molecule has 0 N–H and O–H groups in total. The summed E-state index contributed by atoms with van der Waals surface area (Å²) in [6.07, 6.45) is 0.181. The second-order valence-corrected chi connectivity index (χ2v) is 3.41. The molecule has 0 atom stereocenters. The molecule has 0 amide bonds. The van der Waals surface area contributed by atoms with Crippen molar-refractivity contribution in [2.75, 3.05) is 0 Å². The summed E-state index contributed by atoms with van der Waals surface area (Å²) in [6, 6.07) is 0. The minimum Gasteiger partial charge on any atom is -0.202 e. The Balaban J connectivity index is 2.53. The lowest BCUT2D eigenvalue weighted by Crippen LogP contribution is -2.11. The van der Waals surface area contributed by atoms with Crippen LogP contribution in [0.2, 0.25) is 0 Å². The van der Waals surface area contributed by atoms with Crippen molar-refractivity contribution in [2.45, 2.75) is 38.3 Å². The van der Waals surface area contributed by atoms with Gasteiger partial charge >= 0.3 is 6.18 Å². The third-order valence-electron chi connectivity index (χ3n) is 2.30. The van der Waals surface area contributed by atoms with Crippen molar-refractivity contribution in [3.8, 4) is 0 Å². The van der Waals surface area contributed by atoms with Crippen molar-refractivity contribution in [2.24, 2.45) is 5.92 Å². The van der Waals surface area contributed by atoms with Crippen LogP contribution in [0.15, 0.2) is 11.9 Å². The van der Waals surface area contributed by atoms with Crippen molar-refractivity contribution < 1.29 is 17.6 Å². The van der Waals surface area contributed by atoms with Gasteiger partial charge in [0.05, 0.1) is 0 Å². The molecule has 1 saturated carbocycles. The highest BCUT2D eigenvalue weighted by Gasteiger charge is 2.35. The highest BCUT2D eigenvalue weighted by Crippen LogP contribution is 2.31. The van der Waals surface area contributed by atoms with Crippen LogP contribution in [0, 0.1) is 5.92 Å². The van der Waals surface area contributed by atoms with Gasteiger partial charge in [0.15, 0.2) is 5.83 Å². The van der Waals surface area contributed by atoms with E-state index < -0.39 is 12.0 Å². The van der Waals surface area contributed by atoms with E-state index in [1.165, 1.54) is 0 Å². The van der Waals surface area contributed by atoms with Gasteiger partial charge in [0.1, 0.15) is 0 Å². The molecule has 0 saturated heterocycles. The van der Waals surface area contributed by atoms with Crippen LogP contribution in [0.3, 0.4) is 0 Å². The zero-order valence-corrected chi connectivity index (χ0v) is 7.20. The van der Waals surface area contributed by atoms with Gasteiger partial charge in [-0.25, -0.2) is 4.39 Å². The minimum absolute atomic E-state index is 0.213. The lowest BCUT2D eigenvalue weighted by molar-refractivity contribution is -0.109. The van der Waals surface area contributed by atoms with Crippen LogP contribution >= 0.6 is 0 Å². The van der Waals surface area contributed by atoms with E-state index in [-0.39, 0.29) is 5.92 Å². The maximum Gasteiger partial charge on any atom is 0.442 e. The Morgan fingerprint density at radius 2 is 1.62 bits per heavy atom. The van der Waals surface area contributed by atoms with E-state index in [0.717, 1.165) is 25.3 Å². The molecule has 0 bridgehead atoms. The lowest BCUT2D eigenvalue weighted by atomic mass is 9.89. The van der Waals surface area contributed by atoms with Crippen molar-refractivity contribution in [3.05, 3.63) is 11.9 Å². The number of rotatable bonds is 1. The van der Waals surface area contributed by atoms with Gasteiger partial charge in [0.2, 0.25) is 0 Å². The number of allylic oxidation sites excluding steroid dienone is 2. The fourth-order valence-electron chi connectivity index (χ4n) is 1.60. The fourth-order valence-corrected chi connectivity index (χ4v) is 1.60. The summed E-state index contributed by atoms with van der Waals surface area (Å²) in [6.45, 7) is 0. The van der Waals surface area contributed by atoms with E-state index in [1.54, 1.807) is 0 Å². The Morgan fingerprint density at radius 3 is 2.08 bits per heavy atom. The van der Waals surface area contributed by atoms with Crippen LogP contribution in [0.1, 0.15) is 32.1 Å². The molecule has 1 aliphatic carbocycles. The van der Waals surface area contributed by atoms with Crippen LogP contribution in [0.25, 0.3) is 0 Å². The molecule has 1 aliphatic rings. The second-order valence-electron chi connectivity index (χ2n) is 3.41. The molecule has 1 rings (SSSR count). The molecule has 13 heavy (non-hydrogen) atoms. The zero-order chi connectivity index (χ0) is 9.90. The minimum atomic E-state index is -4.79. The molecule has 0 heterocycles. The van der Waals surface area contributed by atoms with E-state index in [4.69, 9.17) is 0 Å². The lowest BCUT2D eigenvalue weighted by Gasteiger charge is -2.18. The average molecular weight is 196 g/mol. The Bertz CT molecular complexity index is 186. The predicted molar refractivity (Wildman–Crippen MR) is 41.8 cm³/mol. The first kappa shape index (κ1) is 10.5. The molecule has 0 spiro atoms. The quantitative estimate of drug-likeness (QED) is 0.556. The van der Waals surface area contributed by atoms with Gasteiger partial charge < -0.3 is 0 Å². The van der Waals surface area contributed by atoms with Crippen LogP contribution in [0.5, 0.6) is 0 Å². The van der Waals surface area contributed by atoms with Gasteiger partial charge in [-0.1, -0.05) is 19.3 Å². The summed E-state index contributed by atoms with van der Waals surface area (Å²) in [5, 5.41) is 0. The maximum absolute atomic E-state index is 12.4. The highest BCUT2D eigenvalue weighted by molar-refractivity contribution is 5.02. The second kappa shape index (κ2) is 4.11. The first-order valence-electron chi connectivity index (χ1n) is 4.44. The number of hydrogen-bond donors (Lipinski definition) is 0. The first-order chi connectivity index (χ1) is 6.00. The molecule has 4 heteroatoms. The van der Waals surface area contributed by atoms with E-state index in [1.807, 2.05) is 0 Å². The van der Waals surface area contributed by atoms with Crippen LogP contribution in [-0.2, 0) is 0 Å². The monoisotopic (exact) mass is 196 g/mol. The molecular weight excluding hydrogens is 184 g/mol. The predicted octanol–water partition coefficient (Wildman–Crippen LogP) is 3.98. The molecule has 76 valence electrons. The molecule has 0 nitrogen and oxygen atoms in total. The van der Waals surface area contributed by atoms with Gasteiger partial charge in [-0.2, -0.15) is 13.2 Å². The largest absolute Gasteiger partial charge is 0.442 e. The summed E-state index contributed by atoms with van der Waals surface area (Å²) in [7, 11) is 0. The van der Waals surface area contributed by atoms with E-state index in [9.17, 15) is 17.6 Å². The van der Waals surface area contributed by atoms with E-state index in [0.29, 0.717) is 12.8 Å². The smallest absolute Gasteiger partial charge is 0.202 e. The first-order valence-corrected chi connectivity index (χ1v) is 4.44. The normalized spacial score (nSPS) is 22.0. The fraction of sp³-hybridized carbons (Fsp3) is 0.778. The maximum atomic E-state index is 12.4. The molecule has 0 aromatic heterocycles. The Morgan fingerprint density at radius 1 is 1.08 bits per heavy atom.